The van der Waals surface area contributed by atoms with Gasteiger partial charge in [-0.25, -0.2) is 0 Å². The molecule has 0 radical (unpaired) electrons. The number of amides is 1. The Hall–Kier alpha value is -1.32. The Kier molecular flexibility index (Phi) is 8.00. The highest BCUT2D eigenvalue weighted by Crippen LogP contribution is 2.73. The minimum absolute atomic E-state index is 0.0308. The van der Waals surface area contributed by atoms with Gasteiger partial charge in [0.1, 0.15) is 0 Å². The molecule has 1 aromatic heterocycles. The molecule has 3 fully saturated rings. The van der Waals surface area contributed by atoms with Crippen LogP contribution in [0, 0.1) is 35.0 Å². The van der Waals surface area contributed by atoms with Crippen molar-refractivity contribution in [2.24, 2.45) is 28.1 Å². The van der Waals surface area contributed by atoms with Crippen molar-refractivity contribution >= 4 is 5.91 Å². The fraction of sp³-hybridized carbons (Fsp3) is 0.867. The summed E-state index contributed by atoms with van der Waals surface area (Å²) >= 11 is 0. The smallest absolute Gasteiger partial charge is 0.272 e. The first kappa shape index (κ1) is 27.3. The van der Waals surface area contributed by atoms with Crippen LogP contribution >= 0.6 is 0 Å². The summed E-state index contributed by atoms with van der Waals surface area (Å²) in [6, 6.07) is 0.596. The molecule has 0 spiro atoms. The minimum atomic E-state index is 0.0308. The summed E-state index contributed by atoms with van der Waals surface area (Å²) in [7, 11) is 0. The van der Waals surface area contributed by atoms with Crippen molar-refractivity contribution in [2.75, 3.05) is 0 Å². The van der Waals surface area contributed by atoms with Gasteiger partial charge in [-0.2, -0.15) is 5.10 Å². The first-order valence-corrected chi connectivity index (χ1v) is 14.3. The Morgan fingerprint density at radius 3 is 2.18 bits per heavy atom. The normalized spacial score (nSPS) is 32.1. The Morgan fingerprint density at radius 2 is 1.62 bits per heavy atom. The summed E-state index contributed by atoms with van der Waals surface area (Å²) in [4.78, 5) is 13.7. The topological polar surface area (TPSA) is 46.9 Å². The lowest BCUT2D eigenvalue weighted by Gasteiger charge is -2.47. The van der Waals surface area contributed by atoms with E-state index in [9.17, 15) is 4.79 Å². The van der Waals surface area contributed by atoms with Gasteiger partial charge < -0.3 is 5.32 Å². The van der Waals surface area contributed by atoms with Crippen molar-refractivity contribution in [1.29, 1.82) is 0 Å². The van der Waals surface area contributed by atoms with E-state index in [4.69, 9.17) is 5.10 Å². The van der Waals surface area contributed by atoms with Crippen molar-refractivity contribution in [3.63, 3.8) is 0 Å². The second-order valence-electron chi connectivity index (χ2n) is 13.1. The van der Waals surface area contributed by atoms with Crippen LogP contribution in [0.4, 0.5) is 0 Å². The number of fused-ring (bicyclic) bond motifs is 1. The number of aromatic nitrogens is 2. The molecule has 4 atom stereocenters. The first-order valence-electron chi connectivity index (χ1n) is 14.3. The monoisotopic (exact) mass is 471 g/mol. The number of hydrogen-bond acceptors (Lipinski definition) is 2. The number of hydrogen-bond donors (Lipinski definition) is 1. The average molecular weight is 472 g/mol. The predicted molar refractivity (Wildman–Crippen MR) is 143 cm³/mol. The zero-order valence-electron chi connectivity index (χ0n) is 24.0. The summed E-state index contributed by atoms with van der Waals surface area (Å²) in [5.74, 6) is 1.54. The Bertz CT molecular complexity index is 861. The van der Waals surface area contributed by atoms with Gasteiger partial charge in [-0.3, -0.25) is 9.48 Å². The van der Waals surface area contributed by atoms with Gasteiger partial charge in [-0.05, 0) is 67.1 Å². The maximum absolute atomic E-state index is 13.7. The molecular weight excluding hydrogens is 418 g/mol. The highest BCUT2D eigenvalue weighted by molar-refractivity contribution is 5.94. The van der Waals surface area contributed by atoms with E-state index in [0.29, 0.717) is 17.2 Å². The summed E-state index contributed by atoms with van der Waals surface area (Å²) in [6.07, 6.45) is 10.9. The van der Waals surface area contributed by atoms with Gasteiger partial charge in [0.25, 0.3) is 5.91 Å². The number of carbonyl (C=O) groups is 1. The standard InChI is InChI=1S/C27H45N3O.C3H8/c1-9-21-17(2)22(29-30(21)19-13-11-10-12-14-19)23(31)28-24-25(4,5)16-15-20-18(3)27(20,8)26(24,6)7;1-3-2/h18-20,24H,9-16H2,1-8H3,(H,28,31);3H2,1-2H3/t18?,20?,24-,27?;/m1./s1. The fourth-order valence-corrected chi connectivity index (χ4v) is 7.81. The van der Waals surface area contributed by atoms with Gasteiger partial charge in [0.05, 0.1) is 6.04 Å². The van der Waals surface area contributed by atoms with Crippen molar-refractivity contribution in [2.45, 2.75) is 139 Å². The lowest BCUT2D eigenvalue weighted by molar-refractivity contribution is 0.0431. The summed E-state index contributed by atoms with van der Waals surface area (Å²) in [5.41, 5.74) is 3.40. The van der Waals surface area contributed by atoms with E-state index < -0.39 is 0 Å². The van der Waals surface area contributed by atoms with Gasteiger partial charge in [-0.1, -0.05) is 88.0 Å². The Morgan fingerprint density at radius 1 is 1.03 bits per heavy atom. The molecule has 34 heavy (non-hydrogen) atoms. The highest BCUT2D eigenvalue weighted by Gasteiger charge is 2.70. The molecule has 3 aliphatic rings. The third-order valence-electron chi connectivity index (χ3n) is 10.2. The largest absolute Gasteiger partial charge is 0.347 e. The molecule has 4 heteroatoms. The van der Waals surface area contributed by atoms with Crippen LogP contribution in [0.15, 0.2) is 0 Å². The second kappa shape index (κ2) is 9.97. The average Bonchev–Trinajstić information content (AvgIpc) is 3.18. The molecule has 1 heterocycles. The van der Waals surface area contributed by atoms with E-state index in [-0.39, 0.29) is 22.8 Å². The van der Waals surface area contributed by atoms with Gasteiger partial charge in [0.2, 0.25) is 0 Å². The number of nitrogens with one attached hydrogen (secondary N) is 1. The van der Waals surface area contributed by atoms with E-state index in [1.807, 2.05) is 0 Å². The van der Waals surface area contributed by atoms with Crippen LogP contribution in [-0.4, -0.2) is 21.7 Å². The van der Waals surface area contributed by atoms with Gasteiger partial charge in [-0.15, -0.1) is 0 Å². The zero-order chi connectivity index (χ0) is 25.5. The first-order chi connectivity index (χ1) is 15.9. The van der Waals surface area contributed by atoms with Crippen LogP contribution < -0.4 is 5.32 Å². The Labute approximate surface area is 210 Å². The molecular formula is C30H53N3O. The van der Waals surface area contributed by atoms with E-state index in [0.717, 1.165) is 23.8 Å². The minimum Gasteiger partial charge on any atom is -0.347 e. The van der Waals surface area contributed by atoms with E-state index in [1.54, 1.807) is 0 Å². The molecule has 3 aliphatic carbocycles. The van der Waals surface area contributed by atoms with E-state index >= 15 is 0 Å². The molecule has 0 aromatic carbocycles. The number of carbonyl (C=O) groups excluding carboxylic acids is 1. The second-order valence-corrected chi connectivity index (χ2v) is 13.1. The van der Waals surface area contributed by atoms with Crippen LogP contribution in [-0.2, 0) is 6.42 Å². The SMILES string of the molecule is CCC.CCc1c(C)c(C(=O)N[C@@H]2C(C)(C)CCC3C(C)C3(C)C2(C)C)nn1C1CCCCC1. The molecule has 0 aliphatic heterocycles. The van der Waals surface area contributed by atoms with Crippen LogP contribution in [0.25, 0.3) is 0 Å². The molecule has 0 saturated heterocycles. The van der Waals surface area contributed by atoms with Gasteiger partial charge in [0.15, 0.2) is 5.69 Å². The summed E-state index contributed by atoms with van der Waals surface area (Å²) in [5, 5.41) is 8.51. The zero-order valence-corrected chi connectivity index (χ0v) is 24.0. The van der Waals surface area contributed by atoms with Crippen molar-refractivity contribution in [3.05, 3.63) is 17.0 Å². The van der Waals surface area contributed by atoms with Crippen LogP contribution in [0.5, 0.6) is 0 Å². The van der Waals surface area contributed by atoms with Crippen molar-refractivity contribution in [3.8, 4) is 0 Å². The van der Waals surface area contributed by atoms with Crippen LogP contribution in [0.2, 0.25) is 0 Å². The molecule has 1 amide bonds. The summed E-state index contributed by atoms with van der Waals surface area (Å²) in [6.45, 7) is 22.9. The fourth-order valence-electron chi connectivity index (χ4n) is 7.81. The van der Waals surface area contributed by atoms with E-state index in [2.05, 4.69) is 79.2 Å². The lowest BCUT2D eigenvalue weighted by atomic mass is 9.62. The van der Waals surface area contributed by atoms with Crippen molar-refractivity contribution in [1.82, 2.24) is 15.1 Å². The number of nitrogens with zero attached hydrogens (tertiary/aromatic N) is 2. The molecule has 3 saturated carbocycles. The van der Waals surface area contributed by atoms with Crippen LogP contribution in [0.1, 0.15) is 141 Å². The molecule has 1 N–H and O–H groups in total. The molecule has 194 valence electrons. The highest BCUT2D eigenvalue weighted by atomic mass is 16.2. The maximum Gasteiger partial charge on any atom is 0.272 e. The third kappa shape index (κ3) is 4.48. The van der Waals surface area contributed by atoms with Crippen molar-refractivity contribution < 1.29 is 4.79 Å². The molecule has 3 unspecified atom stereocenters. The quantitative estimate of drug-likeness (QED) is 0.485. The van der Waals surface area contributed by atoms with E-state index in [1.165, 1.54) is 57.1 Å². The number of rotatable bonds is 4. The molecule has 4 rings (SSSR count). The van der Waals surface area contributed by atoms with Gasteiger partial charge in [0, 0.05) is 17.3 Å². The predicted octanol–water partition coefficient (Wildman–Crippen LogP) is 7.89. The molecule has 1 aromatic rings. The molecule has 4 nitrogen and oxygen atoms in total. The van der Waals surface area contributed by atoms with Crippen LogP contribution in [0.3, 0.4) is 0 Å². The lowest BCUT2D eigenvalue weighted by Crippen LogP contribution is -2.56. The Balaban J connectivity index is 0.00000103. The maximum atomic E-state index is 13.7. The van der Waals surface area contributed by atoms with Gasteiger partial charge >= 0.3 is 0 Å². The molecule has 0 bridgehead atoms. The third-order valence-corrected chi connectivity index (χ3v) is 10.2. The summed E-state index contributed by atoms with van der Waals surface area (Å²) < 4.78 is 2.22.